The van der Waals surface area contributed by atoms with Gasteiger partial charge in [-0.2, -0.15) is 0 Å². The molecule has 1 aromatic rings. The molecular formula is C14H21Br2NO. The molecule has 1 aromatic carbocycles. The van der Waals surface area contributed by atoms with Crippen LogP contribution in [0.5, 0.6) is 5.75 Å². The van der Waals surface area contributed by atoms with E-state index in [0.717, 1.165) is 34.1 Å². The standard InChI is InChI=1S/C14H21Br2NO/c1-3-4-5-6-18-14-12(15)8-11(7-10(2)17)9-13(14)16/h8-10H,3-7,17H2,1-2H3. The van der Waals surface area contributed by atoms with E-state index >= 15 is 0 Å². The quantitative estimate of drug-likeness (QED) is 0.699. The molecule has 0 amide bonds. The molecule has 102 valence electrons. The highest BCUT2D eigenvalue weighted by Gasteiger charge is 2.09. The lowest BCUT2D eigenvalue weighted by Crippen LogP contribution is -2.17. The van der Waals surface area contributed by atoms with Crippen LogP contribution in [0.2, 0.25) is 0 Å². The van der Waals surface area contributed by atoms with Crippen LogP contribution in [-0.4, -0.2) is 12.6 Å². The number of ether oxygens (including phenoxy) is 1. The van der Waals surface area contributed by atoms with Crippen LogP contribution < -0.4 is 10.5 Å². The number of benzene rings is 1. The van der Waals surface area contributed by atoms with Crippen LogP contribution in [0.25, 0.3) is 0 Å². The Bertz CT molecular complexity index is 357. The largest absolute Gasteiger partial charge is 0.491 e. The van der Waals surface area contributed by atoms with Gasteiger partial charge in [0, 0.05) is 6.04 Å². The van der Waals surface area contributed by atoms with Crippen LogP contribution >= 0.6 is 31.9 Å². The molecule has 0 aromatic heterocycles. The Morgan fingerprint density at radius 2 is 1.83 bits per heavy atom. The molecular weight excluding hydrogens is 358 g/mol. The van der Waals surface area contributed by atoms with Gasteiger partial charge in [-0.1, -0.05) is 19.8 Å². The van der Waals surface area contributed by atoms with Gasteiger partial charge in [-0.3, -0.25) is 0 Å². The maximum Gasteiger partial charge on any atom is 0.147 e. The zero-order valence-electron chi connectivity index (χ0n) is 11.0. The highest BCUT2D eigenvalue weighted by Crippen LogP contribution is 2.35. The fourth-order valence-electron chi connectivity index (χ4n) is 1.77. The number of hydrogen-bond acceptors (Lipinski definition) is 2. The lowest BCUT2D eigenvalue weighted by molar-refractivity contribution is 0.302. The summed E-state index contributed by atoms with van der Waals surface area (Å²) in [6, 6.07) is 4.34. The Balaban J connectivity index is 2.68. The molecule has 0 heterocycles. The molecule has 4 heteroatoms. The van der Waals surface area contributed by atoms with Crippen LogP contribution in [0.1, 0.15) is 38.7 Å². The maximum atomic E-state index is 5.81. The molecule has 0 saturated heterocycles. The van der Waals surface area contributed by atoms with Crippen molar-refractivity contribution in [1.29, 1.82) is 0 Å². The summed E-state index contributed by atoms with van der Waals surface area (Å²) in [7, 11) is 0. The van der Waals surface area contributed by atoms with Crippen LogP contribution in [0.4, 0.5) is 0 Å². The Morgan fingerprint density at radius 1 is 1.22 bits per heavy atom. The second-order valence-electron chi connectivity index (χ2n) is 4.63. The van der Waals surface area contributed by atoms with Gasteiger partial charge in [-0.05, 0) is 69.3 Å². The van der Waals surface area contributed by atoms with E-state index in [1.807, 2.05) is 6.92 Å². The molecule has 2 nitrogen and oxygen atoms in total. The first-order valence-corrected chi connectivity index (χ1v) is 7.99. The van der Waals surface area contributed by atoms with E-state index in [0.29, 0.717) is 0 Å². The van der Waals surface area contributed by atoms with E-state index < -0.39 is 0 Å². The second kappa shape index (κ2) is 8.18. The van der Waals surface area contributed by atoms with E-state index in [-0.39, 0.29) is 6.04 Å². The Labute approximate surface area is 127 Å². The van der Waals surface area contributed by atoms with Gasteiger partial charge in [0.2, 0.25) is 0 Å². The van der Waals surface area contributed by atoms with Gasteiger partial charge in [0.05, 0.1) is 15.6 Å². The number of hydrogen-bond donors (Lipinski definition) is 1. The van der Waals surface area contributed by atoms with Crippen molar-refractivity contribution < 1.29 is 4.74 Å². The van der Waals surface area contributed by atoms with Crippen LogP contribution in [-0.2, 0) is 6.42 Å². The van der Waals surface area contributed by atoms with Gasteiger partial charge in [-0.25, -0.2) is 0 Å². The number of nitrogens with two attached hydrogens (primary N) is 1. The molecule has 1 rings (SSSR count). The SMILES string of the molecule is CCCCCOc1c(Br)cc(CC(C)N)cc1Br. The molecule has 0 spiro atoms. The molecule has 0 radical (unpaired) electrons. The number of unbranched alkanes of at least 4 members (excludes halogenated alkanes) is 2. The molecule has 0 bridgehead atoms. The zero-order chi connectivity index (χ0) is 13.5. The smallest absolute Gasteiger partial charge is 0.147 e. The van der Waals surface area contributed by atoms with E-state index in [1.54, 1.807) is 0 Å². The van der Waals surface area contributed by atoms with Crippen molar-refractivity contribution in [2.75, 3.05) is 6.61 Å². The van der Waals surface area contributed by atoms with Crippen LogP contribution in [0.3, 0.4) is 0 Å². The van der Waals surface area contributed by atoms with Gasteiger partial charge >= 0.3 is 0 Å². The molecule has 0 aliphatic rings. The molecule has 0 saturated carbocycles. The topological polar surface area (TPSA) is 35.2 Å². The van der Waals surface area contributed by atoms with Crippen molar-refractivity contribution in [2.45, 2.75) is 45.6 Å². The van der Waals surface area contributed by atoms with Gasteiger partial charge < -0.3 is 10.5 Å². The second-order valence-corrected chi connectivity index (χ2v) is 6.33. The molecule has 0 fully saturated rings. The predicted octanol–water partition coefficient (Wildman–Crippen LogP) is 4.67. The lowest BCUT2D eigenvalue weighted by atomic mass is 10.1. The average molecular weight is 379 g/mol. The highest BCUT2D eigenvalue weighted by atomic mass is 79.9. The summed E-state index contributed by atoms with van der Waals surface area (Å²) in [5, 5.41) is 0. The van der Waals surface area contributed by atoms with Crippen LogP contribution in [0.15, 0.2) is 21.1 Å². The van der Waals surface area contributed by atoms with Crippen molar-refractivity contribution in [3.05, 3.63) is 26.6 Å². The molecule has 0 aliphatic heterocycles. The van der Waals surface area contributed by atoms with Gasteiger partial charge in [0.25, 0.3) is 0 Å². The molecule has 1 atom stereocenters. The molecule has 0 aliphatic carbocycles. The van der Waals surface area contributed by atoms with Crippen molar-refractivity contribution in [3.8, 4) is 5.75 Å². The summed E-state index contributed by atoms with van der Waals surface area (Å²) in [6.07, 6.45) is 4.38. The van der Waals surface area contributed by atoms with Gasteiger partial charge in [0.15, 0.2) is 0 Å². The zero-order valence-corrected chi connectivity index (χ0v) is 14.2. The van der Waals surface area contributed by atoms with E-state index in [1.165, 1.54) is 18.4 Å². The number of halogens is 2. The fourth-order valence-corrected chi connectivity index (χ4v) is 3.28. The number of rotatable bonds is 7. The predicted molar refractivity (Wildman–Crippen MR) is 84.2 cm³/mol. The van der Waals surface area contributed by atoms with Crippen molar-refractivity contribution >= 4 is 31.9 Å². The average Bonchev–Trinajstić information content (AvgIpc) is 2.26. The first-order valence-electron chi connectivity index (χ1n) is 6.41. The minimum atomic E-state index is 0.167. The third kappa shape index (κ3) is 5.29. The highest BCUT2D eigenvalue weighted by molar-refractivity contribution is 9.11. The summed E-state index contributed by atoms with van der Waals surface area (Å²) in [5.74, 6) is 0.888. The minimum Gasteiger partial charge on any atom is -0.491 e. The van der Waals surface area contributed by atoms with Gasteiger partial charge in [0.1, 0.15) is 5.75 Å². The monoisotopic (exact) mass is 377 g/mol. The van der Waals surface area contributed by atoms with Crippen molar-refractivity contribution in [1.82, 2.24) is 0 Å². The van der Waals surface area contributed by atoms with Crippen LogP contribution in [0, 0.1) is 0 Å². The van der Waals surface area contributed by atoms with E-state index in [2.05, 4.69) is 50.9 Å². The third-order valence-electron chi connectivity index (χ3n) is 2.61. The Kier molecular flexibility index (Phi) is 7.27. The Hall–Kier alpha value is -0.0600. The summed E-state index contributed by atoms with van der Waals surface area (Å²) in [6.45, 7) is 4.96. The lowest BCUT2D eigenvalue weighted by Gasteiger charge is -2.13. The van der Waals surface area contributed by atoms with Gasteiger partial charge in [-0.15, -0.1) is 0 Å². The third-order valence-corrected chi connectivity index (χ3v) is 3.79. The first-order chi connectivity index (χ1) is 8.54. The summed E-state index contributed by atoms with van der Waals surface area (Å²) in [4.78, 5) is 0. The minimum absolute atomic E-state index is 0.167. The summed E-state index contributed by atoms with van der Waals surface area (Å²) >= 11 is 7.12. The van der Waals surface area contributed by atoms with Crippen molar-refractivity contribution in [2.24, 2.45) is 5.73 Å². The first kappa shape index (κ1) is 16.0. The fraction of sp³-hybridized carbons (Fsp3) is 0.571. The summed E-state index contributed by atoms with van der Waals surface area (Å²) < 4.78 is 7.78. The van der Waals surface area contributed by atoms with E-state index in [9.17, 15) is 0 Å². The summed E-state index contributed by atoms with van der Waals surface area (Å²) in [5.41, 5.74) is 7.03. The normalized spacial score (nSPS) is 12.5. The molecule has 18 heavy (non-hydrogen) atoms. The van der Waals surface area contributed by atoms with Crippen molar-refractivity contribution in [3.63, 3.8) is 0 Å². The Morgan fingerprint density at radius 3 is 2.33 bits per heavy atom. The maximum absolute atomic E-state index is 5.81. The molecule has 2 N–H and O–H groups in total. The molecule has 1 unspecified atom stereocenters. The van der Waals surface area contributed by atoms with E-state index in [4.69, 9.17) is 10.5 Å².